The number of pyridine rings is 1. The molecular formula is C13H19N3O3S. The van der Waals surface area contributed by atoms with Gasteiger partial charge in [-0.15, -0.1) is 0 Å². The molecule has 1 fully saturated rings. The van der Waals surface area contributed by atoms with Gasteiger partial charge < -0.3 is 4.90 Å². The highest BCUT2D eigenvalue weighted by molar-refractivity contribution is 7.88. The number of hydrogen-bond donors (Lipinski definition) is 1. The molecule has 110 valence electrons. The third-order valence-corrected chi connectivity index (χ3v) is 4.02. The van der Waals surface area contributed by atoms with Gasteiger partial charge in [-0.3, -0.25) is 9.78 Å². The molecule has 1 atom stereocenters. The van der Waals surface area contributed by atoms with Gasteiger partial charge in [0.1, 0.15) is 0 Å². The second-order valence-electron chi connectivity index (χ2n) is 5.11. The fourth-order valence-corrected chi connectivity index (χ4v) is 2.73. The number of likely N-dealkylation sites (tertiary alicyclic amines) is 1. The number of sulfonamides is 1. The lowest BCUT2D eigenvalue weighted by atomic mass is 10.0. The largest absolute Gasteiger partial charge is 0.341 e. The standard InChI is InChI=1S/C13H19N3O3S/c1-20(18,19)15-9-13(17)16-7-5-11(10-16)8-12-4-2-3-6-14-12/h2-4,6,11,15H,5,7-10H2,1H3. The van der Waals surface area contributed by atoms with E-state index in [4.69, 9.17) is 0 Å². The van der Waals surface area contributed by atoms with E-state index in [2.05, 4.69) is 9.71 Å². The van der Waals surface area contributed by atoms with E-state index in [-0.39, 0.29) is 12.5 Å². The van der Waals surface area contributed by atoms with Crippen LogP contribution in [0.2, 0.25) is 0 Å². The first-order chi connectivity index (χ1) is 9.44. The van der Waals surface area contributed by atoms with Gasteiger partial charge in [-0.1, -0.05) is 6.07 Å². The second-order valence-corrected chi connectivity index (χ2v) is 6.95. The Labute approximate surface area is 119 Å². The van der Waals surface area contributed by atoms with Crippen LogP contribution in [0.5, 0.6) is 0 Å². The minimum absolute atomic E-state index is 0.158. The Balaban J connectivity index is 1.81. The summed E-state index contributed by atoms with van der Waals surface area (Å²) in [5.74, 6) is 0.228. The molecule has 0 saturated carbocycles. The molecule has 1 amide bonds. The highest BCUT2D eigenvalue weighted by atomic mass is 32.2. The van der Waals surface area contributed by atoms with Crippen LogP contribution in [0.4, 0.5) is 0 Å². The van der Waals surface area contributed by atoms with Crippen LogP contribution in [0, 0.1) is 5.92 Å². The zero-order valence-electron chi connectivity index (χ0n) is 11.4. The summed E-state index contributed by atoms with van der Waals surface area (Å²) in [5, 5.41) is 0. The van der Waals surface area contributed by atoms with Crippen LogP contribution in [0.25, 0.3) is 0 Å². The summed E-state index contributed by atoms with van der Waals surface area (Å²) >= 11 is 0. The van der Waals surface area contributed by atoms with Crippen molar-refractivity contribution in [1.82, 2.24) is 14.6 Å². The van der Waals surface area contributed by atoms with Gasteiger partial charge in [0, 0.05) is 25.0 Å². The Bertz CT molecular complexity index is 559. The maximum Gasteiger partial charge on any atom is 0.237 e. The van der Waals surface area contributed by atoms with Crippen LogP contribution in [-0.4, -0.2) is 50.1 Å². The molecule has 0 spiro atoms. The molecule has 1 aliphatic rings. The monoisotopic (exact) mass is 297 g/mol. The Morgan fingerprint density at radius 2 is 2.30 bits per heavy atom. The van der Waals surface area contributed by atoms with Crippen molar-refractivity contribution in [3.05, 3.63) is 30.1 Å². The van der Waals surface area contributed by atoms with Crippen molar-refractivity contribution in [2.24, 2.45) is 5.92 Å². The first-order valence-corrected chi connectivity index (χ1v) is 8.45. The predicted molar refractivity (Wildman–Crippen MR) is 75.5 cm³/mol. The Kier molecular flexibility index (Phi) is 4.72. The molecule has 1 saturated heterocycles. The highest BCUT2D eigenvalue weighted by Crippen LogP contribution is 2.19. The van der Waals surface area contributed by atoms with E-state index in [0.717, 1.165) is 24.8 Å². The molecular weight excluding hydrogens is 278 g/mol. The molecule has 1 unspecified atom stereocenters. The third kappa shape index (κ3) is 4.57. The number of nitrogens with zero attached hydrogens (tertiary/aromatic N) is 2. The van der Waals surface area contributed by atoms with Crippen molar-refractivity contribution in [1.29, 1.82) is 0 Å². The van der Waals surface area contributed by atoms with Crippen LogP contribution in [-0.2, 0) is 21.2 Å². The van der Waals surface area contributed by atoms with Gasteiger partial charge in [-0.2, -0.15) is 0 Å². The fraction of sp³-hybridized carbons (Fsp3) is 0.538. The number of nitrogens with one attached hydrogen (secondary N) is 1. The first-order valence-electron chi connectivity index (χ1n) is 6.56. The number of aromatic nitrogens is 1. The van der Waals surface area contributed by atoms with Gasteiger partial charge in [0.15, 0.2) is 0 Å². The Morgan fingerprint density at radius 3 is 2.95 bits per heavy atom. The molecule has 6 nitrogen and oxygen atoms in total. The summed E-state index contributed by atoms with van der Waals surface area (Å²) in [6.07, 6.45) is 4.60. The maximum absolute atomic E-state index is 11.9. The molecule has 1 aromatic rings. The van der Waals surface area contributed by atoms with Crippen molar-refractivity contribution in [3.63, 3.8) is 0 Å². The van der Waals surface area contributed by atoms with E-state index in [1.807, 2.05) is 18.2 Å². The molecule has 1 aliphatic heterocycles. The van der Waals surface area contributed by atoms with Crippen LogP contribution in [0.15, 0.2) is 24.4 Å². The number of carbonyl (C=O) groups excluding carboxylic acids is 1. The molecule has 1 aromatic heterocycles. The third-order valence-electron chi connectivity index (χ3n) is 3.35. The van der Waals surface area contributed by atoms with E-state index in [1.54, 1.807) is 11.1 Å². The van der Waals surface area contributed by atoms with E-state index < -0.39 is 10.0 Å². The number of hydrogen-bond acceptors (Lipinski definition) is 4. The summed E-state index contributed by atoms with van der Waals surface area (Å²) in [6.45, 7) is 1.19. The number of carbonyl (C=O) groups is 1. The van der Waals surface area contributed by atoms with Crippen LogP contribution >= 0.6 is 0 Å². The molecule has 7 heteroatoms. The lowest BCUT2D eigenvalue weighted by Gasteiger charge is -2.16. The molecule has 20 heavy (non-hydrogen) atoms. The number of amides is 1. The van der Waals surface area contributed by atoms with Gasteiger partial charge >= 0.3 is 0 Å². The predicted octanol–water partition coefficient (Wildman–Crippen LogP) is 0.0218. The minimum Gasteiger partial charge on any atom is -0.341 e. The zero-order chi connectivity index (χ0) is 14.6. The van der Waals surface area contributed by atoms with Crippen molar-refractivity contribution >= 4 is 15.9 Å². The van der Waals surface area contributed by atoms with E-state index in [1.165, 1.54) is 0 Å². The van der Waals surface area contributed by atoms with Crippen LogP contribution in [0.3, 0.4) is 0 Å². The van der Waals surface area contributed by atoms with Gasteiger partial charge in [0.05, 0.1) is 12.8 Å². The van der Waals surface area contributed by atoms with Crippen molar-refractivity contribution < 1.29 is 13.2 Å². The lowest BCUT2D eigenvalue weighted by molar-refractivity contribution is -0.129. The second kappa shape index (κ2) is 6.32. The van der Waals surface area contributed by atoms with Gasteiger partial charge in [0.2, 0.25) is 15.9 Å². The van der Waals surface area contributed by atoms with Crippen LogP contribution in [0.1, 0.15) is 12.1 Å². The molecule has 2 heterocycles. The molecule has 0 bridgehead atoms. The Hall–Kier alpha value is -1.47. The normalized spacial score (nSPS) is 19.2. The average molecular weight is 297 g/mol. The lowest BCUT2D eigenvalue weighted by Crippen LogP contribution is -2.38. The zero-order valence-corrected chi connectivity index (χ0v) is 12.3. The molecule has 0 aliphatic carbocycles. The van der Waals surface area contributed by atoms with Gasteiger partial charge in [-0.05, 0) is 30.9 Å². The van der Waals surface area contributed by atoms with Crippen molar-refractivity contribution in [3.8, 4) is 0 Å². The van der Waals surface area contributed by atoms with E-state index in [9.17, 15) is 13.2 Å². The fourth-order valence-electron chi connectivity index (χ4n) is 2.35. The van der Waals surface area contributed by atoms with E-state index in [0.29, 0.717) is 19.0 Å². The summed E-state index contributed by atoms with van der Waals surface area (Å²) in [5.41, 5.74) is 1.03. The molecule has 2 rings (SSSR count). The summed E-state index contributed by atoms with van der Waals surface area (Å²) in [4.78, 5) is 17.9. The van der Waals surface area contributed by atoms with Gasteiger partial charge in [-0.25, -0.2) is 13.1 Å². The summed E-state index contributed by atoms with van der Waals surface area (Å²) < 4.78 is 24.2. The highest BCUT2D eigenvalue weighted by Gasteiger charge is 2.26. The molecule has 1 N–H and O–H groups in total. The van der Waals surface area contributed by atoms with Gasteiger partial charge in [0.25, 0.3) is 0 Å². The first kappa shape index (κ1) is 14.9. The molecule has 0 aromatic carbocycles. The van der Waals surface area contributed by atoms with E-state index >= 15 is 0 Å². The topological polar surface area (TPSA) is 79.4 Å². The average Bonchev–Trinajstić information content (AvgIpc) is 2.85. The number of rotatable bonds is 5. The quantitative estimate of drug-likeness (QED) is 0.831. The maximum atomic E-state index is 11.9. The van der Waals surface area contributed by atoms with Crippen LogP contribution < -0.4 is 4.72 Å². The smallest absolute Gasteiger partial charge is 0.237 e. The summed E-state index contributed by atoms with van der Waals surface area (Å²) in [6, 6.07) is 5.82. The Morgan fingerprint density at radius 1 is 1.50 bits per heavy atom. The summed E-state index contributed by atoms with van der Waals surface area (Å²) in [7, 11) is -3.32. The van der Waals surface area contributed by atoms with Crippen molar-refractivity contribution in [2.45, 2.75) is 12.8 Å². The SMILES string of the molecule is CS(=O)(=O)NCC(=O)N1CCC(Cc2ccccn2)C1. The van der Waals surface area contributed by atoms with Crippen molar-refractivity contribution in [2.75, 3.05) is 25.9 Å². The minimum atomic E-state index is -3.32. The molecule has 0 radical (unpaired) electrons.